The lowest BCUT2D eigenvalue weighted by molar-refractivity contribution is -0.384. The number of rotatable bonds is 5. The quantitative estimate of drug-likeness (QED) is 0.383. The second-order valence-electron chi connectivity index (χ2n) is 7.46. The molecular formula is C20H21BrN4O5. The van der Waals surface area contributed by atoms with Gasteiger partial charge in [-0.1, -0.05) is 28.1 Å². The normalized spacial score (nSPS) is 28.0. The lowest BCUT2D eigenvalue weighted by Gasteiger charge is -2.39. The van der Waals surface area contributed by atoms with Crippen LogP contribution in [0.4, 0.5) is 5.69 Å². The second-order valence-corrected chi connectivity index (χ2v) is 8.37. The number of methoxy groups -OCH3 is 1. The van der Waals surface area contributed by atoms with Gasteiger partial charge in [0.2, 0.25) is 0 Å². The number of carbonyl (C=O) groups is 1. The zero-order chi connectivity index (χ0) is 21.4. The van der Waals surface area contributed by atoms with Crippen LogP contribution in [0.3, 0.4) is 0 Å². The summed E-state index contributed by atoms with van der Waals surface area (Å²) < 4.78 is 6.37. The monoisotopic (exact) mass is 476 g/mol. The molecule has 2 fully saturated rings. The van der Waals surface area contributed by atoms with Crippen LogP contribution in [0.5, 0.6) is 5.75 Å². The maximum absolute atomic E-state index is 12.2. The fourth-order valence-electron chi connectivity index (χ4n) is 4.45. The molecule has 4 N–H and O–H groups in total. The first kappa shape index (κ1) is 20.7. The molecule has 2 aliphatic rings. The summed E-state index contributed by atoms with van der Waals surface area (Å²) in [6.45, 7) is 0. The van der Waals surface area contributed by atoms with E-state index in [1.165, 1.54) is 12.1 Å². The number of piperidine rings is 1. The summed E-state index contributed by atoms with van der Waals surface area (Å²) in [4.78, 5) is 22.7. The second kappa shape index (κ2) is 8.31. The number of hydrogen-bond donors (Lipinski definition) is 4. The Labute approximate surface area is 181 Å². The van der Waals surface area contributed by atoms with Crippen molar-refractivity contribution in [2.24, 2.45) is 11.8 Å². The Kier molecular flexibility index (Phi) is 5.74. The lowest BCUT2D eigenvalue weighted by Crippen LogP contribution is -2.53. The highest BCUT2D eigenvalue weighted by Crippen LogP contribution is 2.44. The Hall–Kier alpha value is -2.53. The topological polar surface area (TPSA) is 126 Å². The molecule has 0 spiro atoms. The van der Waals surface area contributed by atoms with Crippen LogP contribution in [0.25, 0.3) is 0 Å². The van der Waals surface area contributed by atoms with Gasteiger partial charge in [-0.15, -0.1) is 0 Å². The number of fused-ring (bicyclic) bond motifs is 1. The molecule has 0 bridgehead atoms. The van der Waals surface area contributed by atoms with Gasteiger partial charge in [-0.3, -0.25) is 20.2 Å². The van der Waals surface area contributed by atoms with E-state index in [4.69, 9.17) is 4.74 Å². The minimum absolute atomic E-state index is 0.000349. The molecule has 0 saturated carbocycles. The smallest absolute Gasteiger partial charge is 0.307 e. The van der Waals surface area contributed by atoms with Gasteiger partial charge in [-0.2, -0.15) is 0 Å². The molecule has 30 heavy (non-hydrogen) atoms. The summed E-state index contributed by atoms with van der Waals surface area (Å²) in [6, 6.07) is 11.4. The molecular weight excluding hydrogens is 456 g/mol. The van der Waals surface area contributed by atoms with Crippen molar-refractivity contribution in [3.05, 3.63) is 68.2 Å². The number of halogens is 1. The van der Waals surface area contributed by atoms with Crippen molar-refractivity contribution in [1.82, 2.24) is 16.2 Å². The molecule has 0 amide bonds. The van der Waals surface area contributed by atoms with Crippen LogP contribution in [-0.2, 0) is 4.79 Å². The van der Waals surface area contributed by atoms with Crippen molar-refractivity contribution in [1.29, 1.82) is 0 Å². The van der Waals surface area contributed by atoms with E-state index in [1.807, 2.05) is 18.2 Å². The number of non-ortho nitro benzene ring substituents is 1. The summed E-state index contributed by atoms with van der Waals surface area (Å²) in [5.41, 5.74) is 8.03. The van der Waals surface area contributed by atoms with Gasteiger partial charge in [0, 0.05) is 34.1 Å². The third-order valence-electron chi connectivity index (χ3n) is 5.85. The minimum Gasteiger partial charge on any atom is -0.496 e. The molecule has 5 atom stereocenters. The molecule has 158 valence electrons. The van der Waals surface area contributed by atoms with Crippen LogP contribution in [-0.4, -0.2) is 29.3 Å². The Morgan fingerprint density at radius 2 is 1.97 bits per heavy atom. The van der Waals surface area contributed by atoms with Crippen molar-refractivity contribution in [2.75, 3.05) is 7.11 Å². The molecule has 2 aromatic rings. The maximum Gasteiger partial charge on any atom is 0.307 e. The molecule has 2 heterocycles. The Bertz CT molecular complexity index is 970. The van der Waals surface area contributed by atoms with Crippen LogP contribution < -0.4 is 20.9 Å². The van der Waals surface area contributed by atoms with Crippen molar-refractivity contribution in [3.63, 3.8) is 0 Å². The number of hydrogen-bond acceptors (Lipinski definition) is 7. The first-order valence-corrected chi connectivity index (χ1v) is 10.3. The van der Waals surface area contributed by atoms with E-state index in [0.717, 1.165) is 15.6 Å². The fourth-order valence-corrected chi connectivity index (χ4v) is 4.83. The molecule has 5 unspecified atom stereocenters. The van der Waals surface area contributed by atoms with Gasteiger partial charge in [0.05, 0.1) is 30.2 Å². The van der Waals surface area contributed by atoms with Gasteiger partial charge in [-0.25, -0.2) is 10.9 Å². The summed E-state index contributed by atoms with van der Waals surface area (Å²) in [5, 5.41) is 24.4. The predicted molar refractivity (Wildman–Crippen MR) is 112 cm³/mol. The highest BCUT2D eigenvalue weighted by Gasteiger charge is 2.49. The Balaban J connectivity index is 1.63. The van der Waals surface area contributed by atoms with E-state index in [9.17, 15) is 20.0 Å². The maximum atomic E-state index is 12.2. The van der Waals surface area contributed by atoms with Crippen LogP contribution in [0, 0.1) is 22.0 Å². The van der Waals surface area contributed by atoms with Crippen LogP contribution in [0.1, 0.15) is 29.6 Å². The fraction of sp³-hybridized carbons (Fsp3) is 0.350. The number of nitrogens with one attached hydrogen (secondary N) is 3. The lowest BCUT2D eigenvalue weighted by atomic mass is 9.74. The number of benzene rings is 2. The molecule has 0 aromatic heterocycles. The van der Waals surface area contributed by atoms with E-state index in [0.29, 0.717) is 12.2 Å². The van der Waals surface area contributed by atoms with E-state index in [-0.39, 0.29) is 29.9 Å². The third kappa shape index (κ3) is 3.79. The van der Waals surface area contributed by atoms with Gasteiger partial charge in [0.1, 0.15) is 5.75 Å². The highest BCUT2D eigenvalue weighted by molar-refractivity contribution is 9.10. The largest absolute Gasteiger partial charge is 0.496 e. The minimum atomic E-state index is -0.872. The summed E-state index contributed by atoms with van der Waals surface area (Å²) in [5.74, 6) is -1.09. The molecule has 4 rings (SSSR count). The number of carboxylic acids is 1. The van der Waals surface area contributed by atoms with Crippen molar-refractivity contribution >= 4 is 27.6 Å². The number of nitro benzene ring substituents is 1. The Morgan fingerprint density at radius 3 is 2.60 bits per heavy atom. The zero-order valence-corrected chi connectivity index (χ0v) is 17.6. The molecule has 2 aliphatic heterocycles. The molecule has 0 radical (unpaired) electrons. The van der Waals surface area contributed by atoms with E-state index >= 15 is 0 Å². The van der Waals surface area contributed by atoms with E-state index in [2.05, 4.69) is 32.1 Å². The van der Waals surface area contributed by atoms with Crippen LogP contribution in [0.2, 0.25) is 0 Å². The SMILES string of the molecule is COc1ccc(Br)cc1C1CC(C(=O)O)C2C(NNC2c2ccc([N+](=O)[O-])cc2)N1. The molecule has 0 aliphatic carbocycles. The Morgan fingerprint density at radius 1 is 1.23 bits per heavy atom. The number of carboxylic acid groups (broad SMARTS) is 1. The van der Waals surface area contributed by atoms with Crippen molar-refractivity contribution in [3.8, 4) is 5.75 Å². The summed E-state index contributed by atoms with van der Waals surface area (Å²) in [7, 11) is 1.59. The molecule has 2 saturated heterocycles. The van der Waals surface area contributed by atoms with Gasteiger partial charge < -0.3 is 9.84 Å². The number of aliphatic carboxylic acids is 1. The van der Waals surface area contributed by atoms with Gasteiger partial charge in [-0.05, 0) is 30.2 Å². The van der Waals surface area contributed by atoms with Gasteiger partial charge in [0.25, 0.3) is 5.69 Å². The standard InChI is InChI=1S/C20H21BrN4O5/c1-30-16-7-4-11(21)8-13(16)15-9-14(20(26)27)17-18(23-24-19(17)22-15)10-2-5-12(6-3-10)25(28)29/h2-8,14-15,17-19,22-24H,9H2,1H3,(H,26,27). The first-order chi connectivity index (χ1) is 14.4. The molecule has 2 aromatic carbocycles. The van der Waals surface area contributed by atoms with Crippen molar-refractivity contribution in [2.45, 2.75) is 24.7 Å². The van der Waals surface area contributed by atoms with Gasteiger partial charge in [0.15, 0.2) is 0 Å². The van der Waals surface area contributed by atoms with Crippen LogP contribution in [0.15, 0.2) is 46.9 Å². The average Bonchev–Trinajstić information content (AvgIpc) is 3.17. The number of nitro groups is 1. The number of nitrogens with zero attached hydrogens (tertiary/aromatic N) is 1. The molecule has 9 nitrogen and oxygen atoms in total. The summed E-state index contributed by atoms with van der Waals surface area (Å²) >= 11 is 3.47. The number of hydrazine groups is 1. The molecule has 10 heteroatoms. The summed E-state index contributed by atoms with van der Waals surface area (Å²) in [6.07, 6.45) is 0.0876. The van der Waals surface area contributed by atoms with Gasteiger partial charge >= 0.3 is 5.97 Å². The zero-order valence-electron chi connectivity index (χ0n) is 16.0. The third-order valence-corrected chi connectivity index (χ3v) is 6.34. The van der Waals surface area contributed by atoms with E-state index in [1.54, 1.807) is 19.2 Å². The predicted octanol–water partition coefficient (Wildman–Crippen LogP) is 2.89. The van der Waals surface area contributed by atoms with E-state index < -0.39 is 16.8 Å². The highest BCUT2D eigenvalue weighted by atomic mass is 79.9. The number of ether oxygens (including phenoxy) is 1. The first-order valence-electron chi connectivity index (χ1n) is 9.46. The average molecular weight is 477 g/mol. The van der Waals surface area contributed by atoms with Crippen LogP contribution >= 0.6 is 15.9 Å². The van der Waals surface area contributed by atoms with Crippen molar-refractivity contribution < 1.29 is 19.6 Å².